The van der Waals surface area contributed by atoms with E-state index in [1.807, 2.05) is 48.0 Å². The molecule has 0 aliphatic heterocycles. The molecule has 28 heavy (non-hydrogen) atoms. The summed E-state index contributed by atoms with van der Waals surface area (Å²) in [5.74, 6) is 0.525. The minimum absolute atomic E-state index is 0.00235. The van der Waals surface area contributed by atoms with Crippen molar-refractivity contribution in [3.05, 3.63) is 63.8 Å². The molecule has 1 aliphatic rings. The van der Waals surface area contributed by atoms with Crippen molar-refractivity contribution in [3.8, 4) is 11.1 Å². The highest BCUT2D eigenvalue weighted by molar-refractivity contribution is 6.30. The Hall–Kier alpha value is -2.59. The summed E-state index contributed by atoms with van der Waals surface area (Å²) >= 11 is 6.19. The van der Waals surface area contributed by atoms with E-state index in [9.17, 15) is 9.59 Å². The Morgan fingerprint density at radius 3 is 2.57 bits per heavy atom. The van der Waals surface area contributed by atoms with Crippen LogP contribution in [0.5, 0.6) is 0 Å². The molecule has 4 rings (SSSR count). The Kier molecular flexibility index (Phi) is 5.23. The van der Waals surface area contributed by atoms with Gasteiger partial charge in [-0.25, -0.2) is 0 Å². The van der Waals surface area contributed by atoms with E-state index >= 15 is 0 Å². The number of halogens is 1. The SMILES string of the molecule is Cn1c(NC(=O)C2CCCCC2)c(-c2cccc(Cl)c2)c(=O)c2ccccc21. The lowest BCUT2D eigenvalue weighted by atomic mass is 9.88. The first-order valence-corrected chi connectivity index (χ1v) is 10.1. The van der Waals surface area contributed by atoms with Crippen LogP contribution in [-0.4, -0.2) is 10.5 Å². The molecule has 2 aromatic carbocycles. The number of carbonyl (C=O) groups excluding carboxylic acids is 1. The molecule has 0 bridgehead atoms. The van der Waals surface area contributed by atoms with Crippen molar-refractivity contribution >= 4 is 34.2 Å². The molecule has 0 radical (unpaired) electrons. The summed E-state index contributed by atoms with van der Waals surface area (Å²) in [7, 11) is 1.88. The van der Waals surface area contributed by atoms with Crippen molar-refractivity contribution in [2.24, 2.45) is 13.0 Å². The van der Waals surface area contributed by atoms with E-state index < -0.39 is 0 Å². The van der Waals surface area contributed by atoms with E-state index in [1.54, 1.807) is 12.1 Å². The normalized spacial score (nSPS) is 14.9. The third-order valence-electron chi connectivity index (χ3n) is 5.64. The molecule has 1 fully saturated rings. The van der Waals surface area contributed by atoms with Gasteiger partial charge in [0.15, 0.2) is 5.43 Å². The number of para-hydroxylation sites is 1. The van der Waals surface area contributed by atoms with Crippen LogP contribution < -0.4 is 10.7 Å². The van der Waals surface area contributed by atoms with E-state index in [4.69, 9.17) is 11.6 Å². The van der Waals surface area contributed by atoms with Crippen LogP contribution in [0.2, 0.25) is 5.02 Å². The molecule has 1 amide bonds. The van der Waals surface area contributed by atoms with Gasteiger partial charge >= 0.3 is 0 Å². The van der Waals surface area contributed by atoms with E-state index in [2.05, 4.69) is 5.32 Å². The van der Waals surface area contributed by atoms with Gasteiger partial charge in [0.1, 0.15) is 5.82 Å². The first-order valence-electron chi connectivity index (χ1n) is 9.75. The summed E-state index contributed by atoms with van der Waals surface area (Å²) in [6, 6.07) is 14.7. The number of amides is 1. The Morgan fingerprint density at radius 1 is 1.07 bits per heavy atom. The second kappa shape index (κ2) is 7.80. The second-order valence-electron chi connectivity index (χ2n) is 7.46. The minimum Gasteiger partial charge on any atom is -0.330 e. The number of anilines is 1. The van der Waals surface area contributed by atoms with Gasteiger partial charge in [-0.05, 0) is 42.7 Å². The van der Waals surface area contributed by atoms with Gasteiger partial charge in [0, 0.05) is 23.4 Å². The fourth-order valence-corrected chi connectivity index (χ4v) is 4.32. The van der Waals surface area contributed by atoms with Crippen LogP contribution in [0.3, 0.4) is 0 Å². The van der Waals surface area contributed by atoms with Crippen molar-refractivity contribution < 1.29 is 4.79 Å². The zero-order valence-electron chi connectivity index (χ0n) is 15.9. The number of carbonyl (C=O) groups is 1. The highest BCUT2D eigenvalue weighted by Crippen LogP contribution is 2.31. The maximum Gasteiger partial charge on any atom is 0.228 e. The number of benzene rings is 2. The minimum atomic E-state index is -0.102. The van der Waals surface area contributed by atoms with Crippen LogP contribution in [0.1, 0.15) is 32.1 Å². The molecule has 144 valence electrons. The van der Waals surface area contributed by atoms with E-state index in [1.165, 1.54) is 6.42 Å². The van der Waals surface area contributed by atoms with Gasteiger partial charge in [-0.15, -0.1) is 0 Å². The zero-order chi connectivity index (χ0) is 19.7. The molecule has 1 heterocycles. The lowest BCUT2D eigenvalue weighted by Crippen LogP contribution is -2.28. The molecule has 3 aromatic rings. The summed E-state index contributed by atoms with van der Waals surface area (Å²) in [5, 5.41) is 4.25. The molecule has 4 nitrogen and oxygen atoms in total. The molecular formula is C23H23ClN2O2. The van der Waals surface area contributed by atoms with E-state index in [0.29, 0.717) is 27.4 Å². The van der Waals surface area contributed by atoms with E-state index in [-0.39, 0.29) is 17.3 Å². The van der Waals surface area contributed by atoms with Crippen LogP contribution in [0.4, 0.5) is 5.82 Å². The monoisotopic (exact) mass is 394 g/mol. The average Bonchev–Trinajstić information content (AvgIpc) is 2.72. The number of fused-ring (bicyclic) bond motifs is 1. The standard InChI is InChI=1S/C23H23ClN2O2/c1-26-19-13-6-5-12-18(19)21(27)20(16-10-7-11-17(24)14-16)22(26)25-23(28)15-8-3-2-4-9-15/h5-7,10-15H,2-4,8-9H2,1H3,(H,25,28). The molecule has 0 spiro atoms. The molecule has 0 atom stereocenters. The number of rotatable bonds is 3. The highest BCUT2D eigenvalue weighted by atomic mass is 35.5. The number of hydrogen-bond donors (Lipinski definition) is 1. The topological polar surface area (TPSA) is 51.1 Å². The van der Waals surface area contributed by atoms with Gasteiger partial charge in [0.05, 0.1) is 11.1 Å². The summed E-state index contributed by atoms with van der Waals surface area (Å²) in [4.78, 5) is 26.3. The predicted octanol–water partition coefficient (Wildman–Crippen LogP) is 5.38. The van der Waals surface area contributed by atoms with Crippen molar-refractivity contribution in [2.45, 2.75) is 32.1 Å². The third-order valence-corrected chi connectivity index (χ3v) is 5.88. The van der Waals surface area contributed by atoms with Crippen molar-refractivity contribution in [1.29, 1.82) is 0 Å². The lowest BCUT2D eigenvalue weighted by molar-refractivity contribution is -0.120. The first kappa shape index (κ1) is 18.8. The summed E-state index contributed by atoms with van der Waals surface area (Å²) in [5.41, 5.74) is 1.87. The quantitative estimate of drug-likeness (QED) is 0.648. The number of nitrogens with zero attached hydrogens (tertiary/aromatic N) is 1. The third kappa shape index (κ3) is 3.45. The number of aromatic nitrogens is 1. The molecule has 1 aromatic heterocycles. The molecule has 1 saturated carbocycles. The van der Waals surface area contributed by atoms with Crippen molar-refractivity contribution in [2.75, 3.05) is 5.32 Å². The summed E-state index contributed by atoms with van der Waals surface area (Å²) in [6.07, 6.45) is 5.15. The average molecular weight is 395 g/mol. The van der Waals surface area contributed by atoms with Gasteiger partial charge < -0.3 is 9.88 Å². The molecule has 0 unspecified atom stereocenters. The molecule has 0 saturated heterocycles. The zero-order valence-corrected chi connectivity index (χ0v) is 16.6. The number of nitrogens with one attached hydrogen (secondary N) is 1. The summed E-state index contributed by atoms with van der Waals surface area (Å²) < 4.78 is 1.90. The molecule has 1 N–H and O–H groups in total. The first-order chi connectivity index (χ1) is 13.6. The van der Waals surface area contributed by atoms with Crippen LogP contribution in [0, 0.1) is 5.92 Å². The number of pyridine rings is 1. The van der Waals surface area contributed by atoms with Crippen molar-refractivity contribution in [1.82, 2.24) is 4.57 Å². The van der Waals surface area contributed by atoms with Gasteiger partial charge in [-0.3, -0.25) is 9.59 Å². The molecular weight excluding hydrogens is 372 g/mol. The highest BCUT2D eigenvalue weighted by Gasteiger charge is 2.24. The summed E-state index contributed by atoms with van der Waals surface area (Å²) in [6.45, 7) is 0. The van der Waals surface area contributed by atoms with Gasteiger partial charge in [-0.1, -0.05) is 55.1 Å². The van der Waals surface area contributed by atoms with Gasteiger partial charge in [0.2, 0.25) is 5.91 Å². The van der Waals surface area contributed by atoms with Gasteiger partial charge in [-0.2, -0.15) is 0 Å². The second-order valence-corrected chi connectivity index (χ2v) is 7.90. The fraction of sp³-hybridized carbons (Fsp3) is 0.304. The van der Waals surface area contributed by atoms with Crippen LogP contribution in [-0.2, 0) is 11.8 Å². The lowest BCUT2D eigenvalue weighted by Gasteiger charge is -2.23. The number of hydrogen-bond acceptors (Lipinski definition) is 2. The van der Waals surface area contributed by atoms with Crippen LogP contribution >= 0.6 is 11.6 Å². The van der Waals surface area contributed by atoms with Crippen LogP contribution in [0.25, 0.3) is 22.0 Å². The largest absolute Gasteiger partial charge is 0.330 e. The Balaban J connectivity index is 1.90. The Bertz CT molecular complexity index is 1100. The molecule has 5 heteroatoms. The van der Waals surface area contributed by atoms with Crippen molar-refractivity contribution in [3.63, 3.8) is 0 Å². The van der Waals surface area contributed by atoms with Crippen LogP contribution in [0.15, 0.2) is 53.3 Å². The Labute approximate surface area is 169 Å². The Morgan fingerprint density at radius 2 is 1.82 bits per heavy atom. The molecule has 1 aliphatic carbocycles. The van der Waals surface area contributed by atoms with E-state index in [0.717, 1.165) is 31.2 Å². The fourth-order valence-electron chi connectivity index (χ4n) is 4.13. The smallest absolute Gasteiger partial charge is 0.228 e. The maximum atomic E-state index is 13.4. The maximum absolute atomic E-state index is 13.4. The van der Waals surface area contributed by atoms with Gasteiger partial charge in [0.25, 0.3) is 0 Å². The number of aryl methyl sites for hydroxylation is 1. The predicted molar refractivity (Wildman–Crippen MR) is 115 cm³/mol.